The zero-order chi connectivity index (χ0) is 13.3. The van der Waals surface area contributed by atoms with Crippen LogP contribution >= 0.6 is 0 Å². The molecular formula is C13H29N3O. The van der Waals surface area contributed by atoms with Crippen LogP contribution in [0.1, 0.15) is 40.5 Å². The number of nitrogens with two attached hydrogens (primary N) is 1. The summed E-state index contributed by atoms with van der Waals surface area (Å²) in [6.45, 7) is 12.4. The lowest BCUT2D eigenvalue weighted by molar-refractivity contribution is -0.132. The van der Waals surface area contributed by atoms with Gasteiger partial charge in [0.2, 0.25) is 5.91 Å². The molecule has 1 amide bonds. The fraction of sp³-hybridized carbons (Fsp3) is 0.923. The van der Waals surface area contributed by atoms with Crippen molar-refractivity contribution in [2.45, 2.75) is 46.6 Å². The molecule has 0 saturated heterocycles. The molecule has 0 aliphatic heterocycles. The Morgan fingerprint density at radius 1 is 1.12 bits per heavy atom. The number of nitrogens with zero attached hydrogens (tertiary/aromatic N) is 2. The van der Waals surface area contributed by atoms with E-state index >= 15 is 0 Å². The van der Waals surface area contributed by atoms with Crippen molar-refractivity contribution < 1.29 is 4.79 Å². The first kappa shape index (κ1) is 16.4. The molecule has 0 aromatic rings. The third kappa shape index (κ3) is 5.50. The molecule has 0 heterocycles. The first-order valence-corrected chi connectivity index (χ1v) is 6.86. The van der Waals surface area contributed by atoms with Crippen LogP contribution < -0.4 is 5.73 Å². The van der Waals surface area contributed by atoms with Gasteiger partial charge < -0.3 is 10.6 Å². The Kier molecular flexibility index (Phi) is 9.09. The largest absolute Gasteiger partial charge is 0.343 e. The molecule has 0 bridgehead atoms. The fourth-order valence-electron chi connectivity index (χ4n) is 2.15. The van der Waals surface area contributed by atoms with E-state index in [9.17, 15) is 4.79 Å². The first-order valence-electron chi connectivity index (χ1n) is 6.86. The van der Waals surface area contributed by atoms with Gasteiger partial charge in [-0.25, -0.2) is 0 Å². The molecule has 102 valence electrons. The molecule has 0 aromatic heterocycles. The molecule has 1 atom stereocenters. The number of carbonyl (C=O) groups is 1. The summed E-state index contributed by atoms with van der Waals surface area (Å²) in [5, 5.41) is 0. The lowest BCUT2D eigenvalue weighted by atomic mass is 10.1. The highest BCUT2D eigenvalue weighted by Crippen LogP contribution is 2.07. The van der Waals surface area contributed by atoms with Gasteiger partial charge in [-0.2, -0.15) is 0 Å². The van der Waals surface area contributed by atoms with Crippen molar-refractivity contribution in [2.24, 2.45) is 5.73 Å². The van der Waals surface area contributed by atoms with Gasteiger partial charge in [0, 0.05) is 32.1 Å². The summed E-state index contributed by atoms with van der Waals surface area (Å²) >= 11 is 0. The first-order chi connectivity index (χ1) is 8.14. The van der Waals surface area contributed by atoms with Crippen molar-refractivity contribution >= 4 is 5.91 Å². The average Bonchev–Trinajstić information content (AvgIpc) is 2.35. The van der Waals surface area contributed by atoms with Crippen molar-refractivity contribution in [3.05, 3.63) is 0 Å². The molecule has 0 aliphatic rings. The normalized spacial score (nSPS) is 12.8. The molecule has 17 heavy (non-hydrogen) atoms. The van der Waals surface area contributed by atoms with Crippen LogP contribution in [0.25, 0.3) is 0 Å². The highest BCUT2D eigenvalue weighted by atomic mass is 16.2. The van der Waals surface area contributed by atoms with Gasteiger partial charge in [-0.15, -0.1) is 0 Å². The quantitative estimate of drug-likeness (QED) is 0.664. The Morgan fingerprint density at radius 3 is 2.06 bits per heavy atom. The smallest absolute Gasteiger partial charge is 0.224 e. The Balaban J connectivity index is 4.41. The molecule has 4 nitrogen and oxygen atoms in total. The van der Waals surface area contributed by atoms with E-state index in [0.29, 0.717) is 13.0 Å². The van der Waals surface area contributed by atoms with E-state index in [-0.39, 0.29) is 11.9 Å². The Morgan fingerprint density at radius 2 is 1.71 bits per heavy atom. The van der Waals surface area contributed by atoms with Gasteiger partial charge in [0.1, 0.15) is 0 Å². The standard InChI is InChI=1S/C13H29N3O/c1-5-9-16(8-4)12(11-14)10-13(17)15(6-2)7-3/h12H,5-11,14H2,1-4H3. The van der Waals surface area contributed by atoms with E-state index in [4.69, 9.17) is 5.73 Å². The van der Waals surface area contributed by atoms with Gasteiger partial charge in [-0.05, 0) is 33.4 Å². The van der Waals surface area contributed by atoms with Crippen molar-refractivity contribution in [3.8, 4) is 0 Å². The molecule has 2 N–H and O–H groups in total. The molecule has 0 aromatic carbocycles. The zero-order valence-corrected chi connectivity index (χ0v) is 11.9. The van der Waals surface area contributed by atoms with Crippen LogP contribution in [-0.4, -0.2) is 54.5 Å². The van der Waals surface area contributed by atoms with Crippen LogP contribution in [-0.2, 0) is 4.79 Å². The second-order valence-corrected chi connectivity index (χ2v) is 4.29. The molecule has 0 radical (unpaired) electrons. The van der Waals surface area contributed by atoms with E-state index in [2.05, 4.69) is 18.7 Å². The summed E-state index contributed by atoms with van der Waals surface area (Å²) in [6.07, 6.45) is 1.65. The second-order valence-electron chi connectivity index (χ2n) is 4.29. The third-order valence-corrected chi connectivity index (χ3v) is 3.23. The maximum absolute atomic E-state index is 12.0. The van der Waals surface area contributed by atoms with E-state index in [0.717, 1.165) is 32.6 Å². The van der Waals surface area contributed by atoms with Gasteiger partial charge in [-0.1, -0.05) is 13.8 Å². The summed E-state index contributed by atoms with van der Waals surface area (Å²) in [7, 11) is 0. The molecule has 0 fully saturated rings. The molecule has 0 saturated carbocycles. The maximum atomic E-state index is 12.0. The van der Waals surface area contributed by atoms with Gasteiger partial charge in [0.25, 0.3) is 0 Å². The van der Waals surface area contributed by atoms with E-state index < -0.39 is 0 Å². The minimum absolute atomic E-state index is 0.188. The van der Waals surface area contributed by atoms with E-state index in [1.54, 1.807) is 0 Å². The van der Waals surface area contributed by atoms with E-state index in [1.807, 2.05) is 18.7 Å². The topological polar surface area (TPSA) is 49.6 Å². The molecule has 4 heteroatoms. The maximum Gasteiger partial charge on any atom is 0.224 e. The van der Waals surface area contributed by atoms with Gasteiger partial charge >= 0.3 is 0 Å². The summed E-state index contributed by atoms with van der Waals surface area (Å²) in [5.41, 5.74) is 5.80. The predicted octanol–water partition coefficient (Wildman–Crippen LogP) is 1.30. The van der Waals surface area contributed by atoms with Crippen molar-refractivity contribution in [1.29, 1.82) is 0 Å². The predicted molar refractivity (Wildman–Crippen MR) is 72.9 cm³/mol. The lowest BCUT2D eigenvalue weighted by Gasteiger charge is -2.30. The molecule has 0 aliphatic carbocycles. The van der Waals surface area contributed by atoms with Crippen LogP contribution in [0.15, 0.2) is 0 Å². The summed E-state index contributed by atoms with van der Waals surface area (Å²) in [5.74, 6) is 0.222. The molecular weight excluding hydrogens is 214 g/mol. The molecule has 0 spiro atoms. The number of hydrogen-bond acceptors (Lipinski definition) is 3. The highest BCUT2D eigenvalue weighted by molar-refractivity contribution is 5.76. The van der Waals surface area contributed by atoms with Crippen LogP contribution in [0.3, 0.4) is 0 Å². The number of carbonyl (C=O) groups excluding carboxylic acids is 1. The third-order valence-electron chi connectivity index (χ3n) is 3.23. The Labute approximate surface area is 106 Å². The number of amides is 1. The zero-order valence-electron chi connectivity index (χ0n) is 11.9. The Hall–Kier alpha value is -0.610. The van der Waals surface area contributed by atoms with Crippen molar-refractivity contribution in [2.75, 3.05) is 32.7 Å². The summed E-state index contributed by atoms with van der Waals surface area (Å²) in [4.78, 5) is 16.2. The number of rotatable bonds is 9. The Bertz CT molecular complexity index is 205. The fourth-order valence-corrected chi connectivity index (χ4v) is 2.15. The second kappa shape index (κ2) is 9.42. The summed E-state index contributed by atoms with van der Waals surface area (Å²) in [6, 6.07) is 0.188. The minimum Gasteiger partial charge on any atom is -0.343 e. The van der Waals surface area contributed by atoms with Gasteiger partial charge in [0.05, 0.1) is 0 Å². The minimum atomic E-state index is 0.188. The molecule has 0 rings (SSSR count). The lowest BCUT2D eigenvalue weighted by Crippen LogP contribution is -2.45. The van der Waals surface area contributed by atoms with E-state index in [1.165, 1.54) is 0 Å². The number of likely N-dealkylation sites (N-methyl/N-ethyl adjacent to an activating group) is 1. The number of hydrogen-bond donors (Lipinski definition) is 1. The highest BCUT2D eigenvalue weighted by Gasteiger charge is 2.20. The van der Waals surface area contributed by atoms with Crippen LogP contribution in [0.2, 0.25) is 0 Å². The monoisotopic (exact) mass is 243 g/mol. The van der Waals surface area contributed by atoms with Crippen LogP contribution in [0.5, 0.6) is 0 Å². The SMILES string of the molecule is CCCN(CC)C(CN)CC(=O)N(CC)CC. The van der Waals surface area contributed by atoms with Crippen molar-refractivity contribution in [3.63, 3.8) is 0 Å². The van der Waals surface area contributed by atoms with Gasteiger partial charge in [-0.3, -0.25) is 9.69 Å². The van der Waals surface area contributed by atoms with Crippen LogP contribution in [0.4, 0.5) is 0 Å². The molecule has 1 unspecified atom stereocenters. The van der Waals surface area contributed by atoms with Crippen molar-refractivity contribution in [1.82, 2.24) is 9.80 Å². The summed E-state index contributed by atoms with van der Waals surface area (Å²) < 4.78 is 0. The van der Waals surface area contributed by atoms with Gasteiger partial charge in [0.15, 0.2) is 0 Å². The average molecular weight is 243 g/mol. The van der Waals surface area contributed by atoms with Crippen LogP contribution in [0, 0.1) is 0 Å².